The molecule has 1 aromatic heterocycles. The maximum absolute atomic E-state index is 9.24. The molecule has 0 amide bonds. The fraction of sp³-hybridized carbons (Fsp3) is 0.444. The van der Waals surface area contributed by atoms with Gasteiger partial charge in [0.25, 0.3) is 0 Å². The molecule has 1 aromatic rings. The van der Waals surface area contributed by atoms with Crippen LogP contribution in [-0.4, -0.2) is 10.1 Å². The number of aromatic nitrogens is 1. The van der Waals surface area contributed by atoms with E-state index in [1.165, 1.54) is 0 Å². The Morgan fingerprint density at radius 1 is 1.27 bits per heavy atom. The van der Waals surface area contributed by atoms with Crippen LogP contribution in [0.3, 0.4) is 0 Å². The number of pyridine rings is 1. The number of rotatable bonds is 1. The maximum Gasteiger partial charge on any atom is 0.0763 e. The molecule has 0 fully saturated rings. The summed E-state index contributed by atoms with van der Waals surface area (Å²) < 4.78 is 0. The van der Waals surface area contributed by atoms with E-state index in [4.69, 9.17) is 0 Å². The molecule has 60 valence electrons. The van der Waals surface area contributed by atoms with Crippen LogP contribution < -0.4 is 0 Å². The van der Waals surface area contributed by atoms with Gasteiger partial charge in [0.1, 0.15) is 0 Å². The standard InChI is InChI=1S/C9H13NO/c1-6-4-9(8(3)11)5-7(2)10-6/h4-5,8,11H,1-3H3/t8-/m0/s1. The van der Waals surface area contributed by atoms with Gasteiger partial charge in [-0.15, -0.1) is 0 Å². The van der Waals surface area contributed by atoms with Gasteiger partial charge >= 0.3 is 0 Å². The molecule has 0 aromatic carbocycles. The van der Waals surface area contributed by atoms with Crippen molar-refractivity contribution >= 4 is 0 Å². The van der Waals surface area contributed by atoms with Crippen LogP contribution in [0.4, 0.5) is 0 Å². The summed E-state index contributed by atoms with van der Waals surface area (Å²) in [5.41, 5.74) is 2.86. The van der Waals surface area contributed by atoms with Crippen LogP contribution in [0, 0.1) is 13.8 Å². The molecule has 1 atom stereocenters. The van der Waals surface area contributed by atoms with Crippen molar-refractivity contribution in [1.29, 1.82) is 0 Å². The highest BCUT2D eigenvalue weighted by molar-refractivity contribution is 5.21. The SMILES string of the molecule is Cc1cc([C@H](C)O)cc(C)n1. The first-order chi connectivity index (χ1) is 5.09. The normalized spacial score (nSPS) is 13.1. The Balaban J connectivity index is 3.08. The van der Waals surface area contributed by atoms with E-state index >= 15 is 0 Å². The summed E-state index contributed by atoms with van der Waals surface area (Å²) in [6.07, 6.45) is -0.393. The van der Waals surface area contributed by atoms with E-state index in [0.29, 0.717) is 0 Å². The van der Waals surface area contributed by atoms with E-state index in [1.54, 1.807) is 6.92 Å². The van der Waals surface area contributed by atoms with Crippen LogP contribution in [0.5, 0.6) is 0 Å². The Morgan fingerprint density at radius 2 is 1.73 bits per heavy atom. The van der Waals surface area contributed by atoms with E-state index in [-0.39, 0.29) is 0 Å². The van der Waals surface area contributed by atoms with Gasteiger partial charge in [-0.1, -0.05) is 0 Å². The minimum atomic E-state index is -0.393. The van der Waals surface area contributed by atoms with E-state index in [2.05, 4.69) is 4.98 Å². The maximum atomic E-state index is 9.24. The molecule has 0 aliphatic rings. The lowest BCUT2D eigenvalue weighted by molar-refractivity contribution is 0.199. The van der Waals surface area contributed by atoms with Crippen molar-refractivity contribution in [2.45, 2.75) is 26.9 Å². The van der Waals surface area contributed by atoms with Crippen LogP contribution in [-0.2, 0) is 0 Å². The average molecular weight is 151 g/mol. The molecular formula is C9H13NO. The van der Waals surface area contributed by atoms with Crippen LogP contribution in [0.25, 0.3) is 0 Å². The van der Waals surface area contributed by atoms with E-state index < -0.39 is 6.10 Å². The Hall–Kier alpha value is -0.890. The summed E-state index contributed by atoms with van der Waals surface area (Å²) in [6.45, 7) is 5.62. The lowest BCUT2D eigenvalue weighted by Crippen LogP contribution is -1.95. The second-order valence-electron chi connectivity index (χ2n) is 2.86. The smallest absolute Gasteiger partial charge is 0.0763 e. The molecule has 2 heteroatoms. The molecule has 0 unspecified atom stereocenters. The Kier molecular flexibility index (Phi) is 2.25. The first kappa shape index (κ1) is 8.21. The number of hydrogen-bond acceptors (Lipinski definition) is 2. The van der Waals surface area contributed by atoms with Gasteiger partial charge in [0.05, 0.1) is 6.10 Å². The fourth-order valence-electron chi connectivity index (χ4n) is 1.11. The highest BCUT2D eigenvalue weighted by atomic mass is 16.3. The quantitative estimate of drug-likeness (QED) is 0.663. The summed E-state index contributed by atoms with van der Waals surface area (Å²) in [5, 5.41) is 9.24. The predicted molar refractivity (Wildman–Crippen MR) is 44.3 cm³/mol. The molecule has 1 rings (SSSR count). The van der Waals surface area contributed by atoms with Gasteiger partial charge in [-0.25, -0.2) is 0 Å². The van der Waals surface area contributed by atoms with E-state index in [1.807, 2.05) is 26.0 Å². The van der Waals surface area contributed by atoms with Crippen molar-refractivity contribution in [1.82, 2.24) is 4.98 Å². The molecule has 0 saturated heterocycles. The van der Waals surface area contributed by atoms with Crippen molar-refractivity contribution in [3.63, 3.8) is 0 Å². The third-order valence-corrected chi connectivity index (χ3v) is 1.59. The van der Waals surface area contributed by atoms with Gasteiger partial charge in [-0.05, 0) is 38.5 Å². The molecule has 0 bridgehead atoms. The van der Waals surface area contributed by atoms with Gasteiger partial charge in [0.2, 0.25) is 0 Å². The van der Waals surface area contributed by atoms with Crippen molar-refractivity contribution in [2.75, 3.05) is 0 Å². The fourth-order valence-corrected chi connectivity index (χ4v) is 1.11. The monoisotopic (exact) mass is 151 g/mol. The third-order valence-electron chi connectivity index (χ3n) is 1.59. The average Bonchev–Trinajstić information content (AvgIpc) is 1.85. The largest absolute Gasteiger partial charge is 0.389 e. The van der Waals surface area contributed by atoms with Gasteiger partial charge in [0.15, 0.2) is 0 Å². The van der Waals surface area contributed by atoms with Gasteiger partial charge in [-0.3, -0.25) is 4.98 Å². The second-order valence-corrected chi connectivity index (χ2v) is 2.86. The predicted octanol–water partition coefficient (Wildman–Crippen LogP) is 1.75. The molecule has 0 spiro atoms. The molecular weight excluding hydrogens is 138 g/mol. The molecule has 0 saturated carbocycles. The molecule has 0 aliphatic heterocycles. The molecule has 0 radical (unpaired) electrons. The van der Waals surface area contributed by atoms with Crippen molar-refractivity contribution in [3.05, 3.63) is 29.1 Å². The summed E-state index contributed by atoms with van der Waals surface area (Å²) in [6, 6.07) is 3.80. The minimum Gasteiger partial charge on any atom is -0.389 e. The van der Waals surface area contributed by atoms with Crippen LogP contribution >= 0.6 is 0 Å². The molecule has 1 N–H and O–H groups in total. The van der Waals surface area contributed by atoms with Crippen molar-refractivity contribution in [3.8, 4) is 0 Å². The highest BCUT2D eigenvalue weighted by Gasteiger charge is 2.01. The Bertz CT molecular complexity index is 235. The van der Waals surface area contributed by atoms with Crippen molar-refractivity contribution < 1.29 is 5.11 Å². The van der Waals surface area contributed by atoms with Gasteiger partial charge < -0.3 is 5.11 Å². The van der Waals surface area contributed by atoms with Crippen LogP contribution in [0.2, 0.25) is 0 Å². The molecule has 11 heavy (non-hydrogen) atoms. The molecule has 0 aliphatic carbocycles. The zero-order valence-electron chi connectivity index (χ0n) is 7.13. The summed E-state index contributed by atoms with van der Waals surface area (Å²) >= 11 is 0. The first-order valence-electron chi connectivity index (χ1n) is 3.73. The number of aliphatic hydroxyl groups is 1. The van der Waals surface area contributed by atoms with Gasteiger partial charge in [-0.2, -0.15) is 0 Å². The second kappa shape index (κ2) is 3.01. The zero-order valence-corrected chi connectivity index (χ0v) is 7.13. The van der Waals surface area contributed by atoms with Crippen LogP contribution in [0.1, 0.15) is 30.0 Å². The number of hydrogen-bond donors (Lipinski definition) is 1. The number of nitrogens with zero attached hydrogens (tertiary/aromatic N) is 1. The van der Waals surface area contributed by atoms with E-state index in [0.717, 1.165) is 17.0 Å². The minimum absolute atomic E-state index is 0.393. The van der Waals surface area contributed by atoms with Crippen LogP contribution in [0.15, 0.2) is 12.1 Å². The lowest BCUT2D eigenvalue weighted by atomic mass is 10.1. The van der Waals surface area contributed by atoms with E-state index in [9.17, 15) is 5.11 Å². The van der Waals surface area contributed by atoms with Gasteiger partial charge in [0, 0.05) is 11.4 Å². The molecule has 2 nitrogen and oxygen atoms in total. The topological polar surface area (TPSA) is 33.1 Å². The lowest BCUT2D eigenvalue weighted by Gasteiger charge is -2.05. The summed E-state index contributed by atoms with van der Waals surface area (Å²) in [5.74, 6) is 0. The summed E-state index contributed by atoms with van der Waals surface area (Å²) in [7, 11) is 0. The highest BCUT2D eigenvalue weighted by Crippen LogP contribution is 2.13. The van der Waals surface area contributed by atoms with Crippen molar-refractivity contribution in [2.24, 2.45) is 0 Å². The number of aryl methyl sites for hydroxylation is 2. The zero-order chi connectivity index (χ0) is 8.43. The molecule has 1 heterocycles. The number of aliphatic hydroxyl groups excluding tert-OH is 1. The third kappa shape index (κ3) is 2.02. The first-order valence-corrected chi connectivity index (χ1v) is 3.73. The Morgan fingerprint density at radius 3 is 2.09 bits per heavy atom. The summed E-state index contributed by atoms with van der Waals surface area (Å²) in [4.78, 5) is 4.21. The Labute approximate surface area is 66.9 Å².